The molecule has 1 aliphatic heterocycles. The van der Waals surface area contributed by atoms with Gasteiger partial charge in [-0.3, -0.25) is 0 Å². The van der Waals surface area contributed by atoms with Crippen molar-refractivity contribution in [3.05, 3.63) is 0 Å². The lowest BCUT2D eigenvalue weighted by Crippen LogP contribution is -2.25. The van der Waals surface area contributed by atoms with Gasteiger partial charge in [-0.2, -0.15) is 0 Å². The molecule has 1 rings (SSSR count). The summed E-state index contributed by atoms with van der Waals surface area (Å²) in [5, 5.41) is 3.39. The molecule has 3 N–H and O–H groups in total. The molecule has 0 atom stereocenters. The Labute approximate surface area is 68.9 Å². The van der Waals surface area contributed by atoms with E-state index in [1.807, 2.05) is 0 Å². The topological polar surface area (TPSA) is 55.9 Å². The van der Waals surface area contributed by atoms with Crippen molar-refractivity contribution in [2.75, 3.05) is 6.54 Å². The van der Waals surface area contributed by atoms with E-state index < -0.39 is 0 Å². The quantitative estimate of drug-likeness (QED) is 0.404. The molecule has 0 aromatic carbocycles. The van der Waals surface area contributed by atoms with Crippen LogP contribution in [0.5, 0.6) is 0 Å². The fourth-order valence-corrected chi connectivity index (χ4v) is 1.06. The van der Waals surface area contributed by atoms with Crippen LogP contribution in [0.2, 0.25) is 0 Å². The molecule has 0 spiro atoms. The summed E-state index contributed by atoms with van der Waals surface area (Å²) in [6, 6.07) is 0.614. The zero-order valence-electron chi connectivity index (χ0n) is 7.70. The Morgan fingerprint density at radius 3 is 2.45 bits per heavy atom. The molecular weight excluding hydrogens is 138 g/mol. The summed E-state index contributed by atoms with van der Waals surface area (Å²) in [5.74, 6) is 0. The van der Waals surface area contributed by atoms with Crippen molar-refractivity contribution in [2.24, 2.45) is 0 Å². The monoisotopic (exact) mass is 157 g/mol. The van der Waals surface area contributed by atoms with E-state index in [1.54, 1.807) is 0 Å². The van der Waals surface area contributed by atoms with Crippen molar-refractivity contribution in [2.45, 2.75) is 45.3 Å². The van der Waals surface area contributed by atoms with Crippen LogP contribution < -0.4 is 16.2 Å². The minimum Gasteiger partial charge on any atom is -0.315 e. The molecule has 0 aliphatic carbocycles. The van der Waals surface area contributed by atoms with Crippen LogP contribution in [-0.4, -0.2) is 18.2 Å². The molecule has 1 fully saturated rings. The van der Waals surface area contributed by atoms with E-state index >= 15 is 0 Å². The fourth-order valence-electron chi connectivity index (χ4n) is 1.06. The van der Waals surface area contributed by atoms with E-state index in [1.165, 1.54) is 12.8 Å². The summed E-state index contributed by atoms with van der Waals surface area (Å²) in [6.07, 6.45) is 2.43. The third-order valence-corrected chi connectivity index (χ3v) is 1.96. The fraction of sp³-hybridized carbons (Fsp3) is 1.00. The average Bonchev–Trinajstić information content (AvgIpc) is 2.62. The van der Waals surface area contributed by atoms with Crippen LogP contribution in [0.4, 0.5) is 0 Å². The van der Waals surface area contributed by atoms with Gasteiger partial charge in [0.25, 0.3) is 0 Å². The maximum absolute atomic E-state index is 3.39. The van der Waals surface area contributed by atoms with Crippen molar-refractivity contribution >= 4 is 0 Å². The summed E-state index contributed by atoms with van der Waals surface area (Å²) in [6.45, 7) is 7.66. The minimum atomic E-state index is 0.249. The number of hydrogen-bond acceptors (Lipinski definition) is 3. The Balaban J connectivity index is 1.88. The van der Waals surface area contributed by atoms with Crippen LogP contribution >= 0.6 is 0 Å². The lowest BCUT2D eigenvalue weighted by molar-refractivity contribution is 0.511. The molecule has 3 nitrogen and oxygen atoms in total. The molecule has 0 aromatic heterocycles. The Morgan fingerprint density at radius 2 is 2.00 bits per heavy atom. The largest absolute Gasteiger partial charge is 0.315 e. The summed E-state index contributed by atoms with van der Waals surface area (Å²) in [7, 11) is 0. The average molecular weight is 157 g/mol. The molecule has 66 valence electrons. The number of nitrogens with one attached hydrogen (secondary N) is 3. The van der Waals surface area contributed by atoms with Crippen LogP contribution in [0.25, 0.3) is 0 Å². The standard InChI is InChI=1S/C8H19N3/c1-7(2)9-6-4-5-8(3)10-11-8/h7,9-11H,4-6H2,1-3H3. The maximum atomic E-state index is 3.39. The molecule has 0 saturated carbocycles. The predicted molar refractivity (Wildman–Crippen MR) is 47.0 cm³/mol. The van der Waals surface area contributed by atoms with E-state index in [9.17, 15) is 0 Å². The van der Waals surface area contributed by atoms with Crippen LogP contribution in [0.3, 0.4) is 0 Å². The van der Waals surface area contributed by atoms with E-state index in [0.29, 0.717) is 6.04 Å². The van der Waals surface area contributed by atoms with Crippen LogP contribution in [0, 0.1) is 0 Å². The van der Waals surface area contributed by atoms with Gasteiger partial charge in [0.2, 0.25) is 0 Å². The van der Waals surface area contributed by atoms with Gasteiger partial charge in [0, 0.05) is 6.04 Å². The highest BCUT2D eigenvalue weighted by molar-refractivity contribution is 4.88. The number of hydrogen-bond donors (Lipinski definition) is 3. The lowest BCUT2D eigenvalue weighted by atomic mass is 10.1. The second-order valence-corrected chi connectivity index (χ2v) is 3.79. The van der Waals surface area contributed by atoms with E-state index in [0.717, 1.165) is 6.54 Å². The molecule has 0 amide bonds. The zero-order chi connectivity index (χ0) is 8.32. The van der Waals surface area contributed by atoms with Gasteiger partial charge in [-0.15, -0.1) is 0 Å². The van der Waals surface area contributed by atoms with Gasteiger partial charge < -0.3 is 5.32 Å². The van der Waals surface area contributed by atoms with E-state index in [-0.39, 0.29) is 5.66 Å². The van der Waals surface area contributed by atoms with E-state index in [2.05, 4.69) is 36.9 Å². The van der Waals surface area contributed by atoms with Crippen LogP contribution in [-0.2, 0) is 0 Å². The lowest BCUT2D eigenvalue weighted by Gasteiger charge is -2.08. The second-order valence-electron chi connectivity index (χ2n) is 3.79. The van der Waals surface area contributed by atoms with Crippen LogP contribution in [0.15, 0.2) is 0 Å². The van der Waals surface area contributed by atoms with Gasteiger partial charge in [-0.25, -0.2) is 10.9 Å². The third kappa shape index (κ3) is 3.70. The van der Waals surface area contributed by atoms with Crippen molar-refractivity contribution in [3.63, 3.8) is 0 Å². The molecule has 0 bridgehead atoms. The summed E-state index contributed by atoms with van der Waals surface area (Å²) >= 11 is 0. The van der Waals surface area contributed by atoms with Crippen molar-refractivity contribution in [1.29, 1.82) is 0 Å². The minimum absolute atomic E-state index is 0.249. The Morgan fingerprint density at radius 1 is 1.36 bits per heavy atom. The summed E-state index contributed by atoms with van der Waals surface area (Å²) < 4.78 is 0. The highest BCUT2D eigenvalue weighted by Crippen LogP contribution is 2.14. The first-order valence-corrected chi connectivity index (χ1v) is 4.40. The first kappa shape index (κ1) is 8.97. The van der Waals surface area contributed by atoms with Crippen molar-refractivity contribution < 1.29 is 0 Å². The first-order valence-electron chi connectivity index (χ1n) is 4.40. The SMILES string of the molecule is CC(C)NCCCC1(C)NN1. The summed E-state index contributed by atoms with van der Waals surface area (Å²) in [5.41, 5.74) is 6.49. The molecule has 1 heterocycles. The highest BCUT2D eigenvalue weighted by atomic mass is 15.7. The summed E-state index contributed by atoms with van der Waals surface area (Å²) in [4.78, 5) is 0. The highest BCUT2D eigenvalue weighted by Gasteiger charge is 2.34. The third-order valence-electron chi connectivity index (χ3n) is 1.96. The Bertz CT molecular complexity index is 119. The molecule has 1 saturated heterocycles. The van der Waals surface area contributed by atoms with E-state index in [4.69, 9.17) is 0 Å². The molecular formula is C8H19N3. The van der Waals surface area contributed by atoms with Gasteiger partial charge in [-0.1, -0.05) is 13.8 Å². The number of hydrazine groups is 1. The normalized spacial score (nSPS) is 20.7. The van der Waals surface area contributed by atoms with Gasteiger partial charge in [0.15, 0.2) is 0 Å². The predicted octanol–water partition coefficient (Wildman–Crippen LogP) is 0.589. The maximum Gasteiger partial charge on any atom is 0.0916 e. The molecule has 3 heteroatoms. The first-order chi connectivity index (χ1) is 5.12. The Kier molecular flexibility index (Phi) is 2.87. The number of rotatable bonds is 5. The smallest absolute Gasteiger partial charge is 0.0916 e. The van der Waals surface area contributed by atoms with Crippen molar-refractivity contribution in [3.8, 4) is 0 Å². The zero-order valence-corrected chi connectivity index (χ0v) is 7.70. The molecule has 0 unspecified atom stereocenters. The van der Waals surface area contributed by atoms with Gasteiger partial charge in [0.05, 0.1) is 5.66 Å². The Hall–Kier alpha value is -0.120. The molecule has 0 aromatic rings. The van der Waals surface area contributed by atoms with Crippen molar-refractivity contribution in [1.82, 2.24) is 16.2 Å². The van der Waals surface area contributed by atoms with Gasteiger partial charge in [0.1, 0.15) is 0 Å². The second kappa shape index (κ2) is 3.52. The molecule has 11 heavy (non-hydrogen) atoms. The van der Waals surface area contributed by atoms with Gasteiger partial charge in [-0.05, 0) is 26.3 Å². The van der Waals surface area contributed by atoms with Crippen LogP contribution in [0.1, 0.15) is 33.6 Å². The van der Waals surface area contributed by atoms with Gasteiger partial charge >= 0.3 is 0 Å². The molecule has 0 radical (unpaired) electrons. The molecule has 1 aliphatic rings.